The first-order valence-corrected chi connectivity index (χ1v) is 4.18. The summed E-state index contributed by atoms with van der Waals surface area (Å²) in [6.07, 6.45) is 2.21. The summed E-state index contributed by atoms with van der Waals surface area (Å²) in [5, 5.41) is 10.0. The van der Waals surface area contributed by atoms with Gasteiger partial charge >= 0.3 is 5.97 Å². The topological polar surface area (TPSA) is 69.4 Å². The van der Waals surface area contributed by atoms with E-state index in [-0.39, 0.29) is 0 Å². The highest BCUT2D eigenvalue weighted by Gasteiger charge is 1.97. The second-order valence-electron chi connectivity index (χ2n) is 2.76. The summed E-state index contributed by atoms with van der Waals surface area (Å²) >= 11 is 0. The minimum atomic E-state index is -0.542. The number of nitro groups is 1. The van der Waals surface area contributed by atoms with Gasteiger partial charge < -0.3 is 4.74 Å². The van der Waals surface area contributed by atoms with Gasteiger partial charge in [-0.05, 0) is 17.7 Å². The molecule has 5 nitrogen and oxygen atoms in total. The highest BCUT2D eigenvalue weighted by molar-refractivity contribution is 5.69. The number of carbonyl (C=O) groups excluding carboxylic acids is 1. The number of benzene rings is 1. The van der Waals surface area contributed by atoms with E-state index >= 15 is 0 Å². The first kappa shape index (κ1) is 10.9. The SMILES string of the molecule is CC(=O)Oc1ccc(/C=C/[N+](=O)[O-])cc1. The quantitative estimate of drug-likeness (QED) is 0.328. The standard InChI is InChI=1S/C10H9NO4/c1-8(12)15-10-4-2-9(3-5-10)6-7-11(13)14/h2-7H,1H3/b7-6+. The normalized spacial score (nSPS) is 10.2. The van der Waals surface area contributed by atoms with Crippen molar-refractivity contribution >= 4 is 12.0 Å². The Morgan fingerprint density at radius 3 is 2.47 bits per heavy atom. The fraction of sp³-hybridized carbons (Fsp3) is 0.100. The van der Waals surface area contributed by atoms with Crippen LogP contribution in [0, 0.1) is 10.1 Å². The monoisotopic (exact) mass is 207 g/mol. The lowest BCUT2D eigenvalue weighted by molar-refractivity contribution is -0.400. The molecule has 0 aliphatic heterocycles. The van der Waals surface area contributed by atoms with E-state index in [2.05, 4.69) is 0 Å². The zero-order chi connectivity index (χ0) is 11.3. The summed E-state index contributed by atoms with van der Waals surface area (Å²) in [6.45, 7) is 1.31. The largest absolute Gasteiger partial charge is 0.427 e. The van der Waals surface area contributed by atoms with Crippen molar-refractivity contribution in [3.63, 3.8) is 0 Å². The van der Waals surface area contributed by atoms with E-state index in [1.807, 2.05) is 0 Å². The molecule has 0 unspecified atom stereocenters. The minimum Gasteiger partial charge on any atom is -0.427 e. The van der Waals surface area contributed by atoms with Crippen molar-refractivity contribution in [3.8, 4) is 5.75 Å². The number of nitrogens with zero attached hydrogens (tertiary/aromatic N) is 1. The first-order valence-electron chi connectivity index (χ1n) is 4.18. The molecule has 1 aromatic rings. The molecule has 0 bridgehead atoms. The molecule has 1 rings (SSSR count). The number of hydrogen-bond donors (Lipinski definition) is 0. The molecule has 5 heteroatoms. The van der Waals surface area contributed by atoms with Gasteiger partial charge in [-0.2, -0.15) is 0 Å². The smallest absolute Gasteiger partial charge is 0.308 e. The summed E-state index contributed by atoms with van der Waals surface area (Å²) in [4.78, 5) is 20.1. The van der Waals surface area contributed by atoms with Crippen LogP contribution in [-0.4, -0.2) is 10.9 Å². The second kappa shape index (κ2) is 4.90. The molecule has 0 aliphatic carbocycles. The zero-order valence-corrected chi connectivity index (χ0v) is 8.04. The predicted molar refractivity (Wildman–Crippen MR) is 53.8 cm³/mol. The summed E-state index contributed by atoms with van der Waals surface area (Å²) in [6, 6.07) is 6.39. The van der Waals surface area contributed by atoms with Crippen LogP contribution >= 0.6 is 0 Å². The van der Waals surface area contributed by atoms with Crippen molar-refractivity contribution in [2.24, 2.45) is 0 Å². The van der Waals surface area contributed by atoms with Crippen LogP contribution in [0.25, 0.3) is 6.08 Å². The number of rotatable bonds is 3. The average molecular weight is 207 g/mol. The fourth-order valence-electron chi connectivity index (χ4n) is 0.960. The molecule has 0 atom stereocenters. The Hall–Kier alpha value is -2.17. The Kier molecular flexibility index (Phi) is 3.56. The highest BCUT2D eigenvalue weighted by atomic mass is 16.6. The lowest BCUT2D eigenvalue weighted by Crippen LogP contribution is -2.00. The molecule has 0 N–H and O–H groups in total. The molecule has 0 amide bonds. The Labute approximate surface area is 86.1 Å². The minimum absolute atomic E-state index is 0.399. The van der Waals surface area contributed by atoms with Crippen molar-refractivity contribution in [1.29, 1.82) is 0 Å². The van der Waals surface area contributed by atoms with Gasteiger partial charge in [0.15, 0.2) is 0 Å². The van der Waals surface area contributed by atoms with Crippen LogP contribution in [0.3, 0.4) is 0 Å². The first-order chi connectivity index (χ1) is 7.08. The van der Waals surface area contributed by atoms with Crippen LogP contribution in [0.1, 0.15) is 12.5 Å². The van der Waals surface area contributed by atoms with E-state index in [1.165, 1.54) is 13.0 Å². The summed E-state index contributed by atoms with van der Waals surface area (Å²) < 4.78 is 4.80. The lowest BCUT2D eigenvalue weighted by atomic mass is 10.2. The molecule has 0 radical (unpaired) electrons. The number of hydrogen-bond acceptors (Lipinski definition) is 4. The van der Waals surface area contributed by atoms with Crippen LogP contribution in [0.4, 0.5) is 0 Å². The Bertz CT molecular complexity index is 394. The number of ether oxygens (including phenoxy) is 1. The van der Waals surface area contributed by atoms with Crippen LogP contribution < -0.4 is 4.74 Å². The van der Waals surface area contributed by atoms with Gasteiger partial charge in [0.25, 0.3) is 0 Å². The van der Waals surface area contributed by atoms with Crippen molar-refractivity contribution < 1.29 is 14.5 Å². The molecule has 0 spiro atoms. The molecule has 78 valence electrons. The number of esters is 1. The van der Waals surface area contributed by atoms with Gasteiger partial charge in [0, 0.05) is 13.0 Å². The van der Waals surface area contributed by atoms with E-state index in [0.29, 0.717) is 11.3 Å². The van der Waals surface area contributed by atoms with Crippen molar-refractivity contribution in [2.45, 2.75) is 6.92 Å². The molecule has 0 aromatic heterocycles. The van der Waals surface area contributed by atoms with Gasteiger partial charge in [-0.15, -0.1) is 0 Å². The van der Waals surface area contributed by atoms with Crippen LogP contribution in [0.5, 0.6) is 5.75 Å². The van der Waals surface area contributed by atoms with Gasteiger partial charge in [-0.1, -0.05) is 12.1 Å². The molecule has 0 heterocycles. The third-order valence-corrected chi connectivity index (χ3v) is 1.53. The van der Waals surface area contributed by atoms with Crippen LogP contribution in [0.15, 0.2) is 30.5 Å². The van der Waals surface area contributed by atoms with Crippen molar-refractivity contribution in [1.82, 2.24) is 0 Å². The second-order valence-corrected chi connectivity index (χ2v) is 2.76. The maximum atomic E-state index is 10.6. The predicted octanol–water partition coefficient (Wildman–Crippen LogP) is 1.86. The molecule has 1 aromatic carbocycles. The summed E-state index contributed by atoms with van der Waals surface area (Å²) in [5.74, 6) is 0.0179. The highest BCUT2D eigenvalue weighted by Crippen LogP contribution is 2.13. The Balaban J connectivity index is 2.72. The average Bonchev–Trinajstić information content (AvgIpc) is 2.16. The van der Waals surface area contributed by atoms with E-state index in [0.717, 1.165) is 6.20 Å². The van der Waals surface area contributed by atoms with Gasteiger partial charge in [-0.25, -0.2) is 0 Å². The van der Waals surface area contributed by atoms with E-state index in [4.69, 9.17) is 4.74 Å². The lowest BCUT2D eigenvalue weighted by Gasteiger charge is -1.99. The summed E-state index contributed by atoms with van der Waals surface area (Å²) in [5.41, 5.74) is 0.669. The van der Waals surface area contributed by atoms with Gasteiger partial charge in [0.1, 0.15) is 5.75 Å². The van der Waals surface area contributed by atoms with Crippen LogP contribution in [0.2, 0.25) is 0 Å². The molecule has 0 aliphatic rings. The van der Waals surface area contributed by atoms with E-state index in [1.54, 1.807) is 24.3 Å². The van der Waals surface area contributed by atoms with Gasteiger partial charge in [-0.3, -0.25) is 14.9 Å². The maximum absolute atomic E-state index is 10.6. The van der Waals surface area contributed by atoms with Crippen LogP contribution in [-0.2, 0) is 4.79 Å². The van der Waals surface area contributed by atoms with Crippen molar-refractivity contribution in [3.05, 3.63) is 46.1 Å². The van der Waals surface area contributed by atoms with E-state index < -0.39 is 10.9 Å². The molecular weight excluding hydrogens is 198 g/mol. The maximum Gasteiger partial charge on any atom is 0.308 e. The van der Waals surface area contributed by atoms with Gasteiger partial charge in [0.05, 0.1) is 4.92 Å². The zero-order valence-electron chi connectivity index (χ0n) is 8.04. The molecular formula is C10H9NO4. The fourth-order valence-corrected chi connectivity index (χ4v) is 0.960. The molecule has 0 fully saturated rings. The van der Waals surface area contributed by atoms with Crippen molar-refractivity contribution in [2.75, 3.05) is 0 Å². The molecule has 0 saturated carbocycles. The summed E-state index contributed by atoms with van der Waals surface area (Å²) in [7, 11) is 0. The van der Waals surface area contributed by atoms with E-state index in [9.17, 15) is 14.9 Å². The Morgan fingerprint density at radius 2 is 2.00 bits per heavy atom. The third kappa shape index (κ3) is 4.04. The van der Waals surface area contributed by atoms with Gasteiger partial charge in [0.2, 0.25) is 6.20 Å². The molecule has 0 saturated heterocycles. The third-order valence-electron chi connectivity index (χ3n) is 1.53. The molecule has 15 heavy (non-hydrogen) atoms. The number of carbonyl (C=O) groups is 1. The Morgan fingerprint density at radius 1 is 1.40 bits per heavy atom.